The van der Waals surface area contributed by atoms with E-state index in [9.17, 15) is 0 Å². The quantitative estimate of drug-likeness (QED) is 0.625. The molecule has 1 heterocycles. The Bertz CT molecular complexity index is 122. The Balaban J connectivity index is 2.20. The van der Waals surface area contributed by atoms with Crippen LogP contribution in [0.2, 0.25) is 0 Å². The van der Waals surface area contributed by atoms with Crippen LogP contribution in [0.1, 0.15) is 46.0 Å². The van der Waals surface area contributed by atoms with Crippen molar-refractivity contribution in [1.82, 2.24) is 4.90 Å². The van der Waals surface area contributed by atoms with E-state index in [-0.39, 0.29) is 0 Å². The van der Waals surface area contributed by atoms with Crippen LogP contribution in [0.4, 0.5) is 0 Å². The third-order valence-corrected chi connectivity index (χ3v) is 3.13. The van der Waals surface area contributed by atoms with Gasteiger partial charge in [0.2, 0.25) is 0 Å². The Labute approximate surface area is 77.1 Å². The standard InChI is InChI=1S/C11H23N/c1-4-6-10(2)9-11-7-5-8-12(11)3/h10-11H,4-9H2,1-3H3. The second-order valence-electron chi connectivity index (χ2n) is 4.41. The Morgan fingerprint density at radius 3 is 2.75 bits per heavy atom. The SMILES string of the molecule is CCCC(C)CC1CCCN1C. The fourth-order valence-electron chi connectivity index (χ4n) is 2.35. The van der Waals surface area contributed by atoms with Gasteiger partial charge in [-0.2, -0.15) is 0 Å². The molecule has 0 radical (unpaired) electrons. The number of likely N-dealkylation sites (tertiary alicyclic amines) is 1. The maximum absolute atomic E-state index is 2.53. The number of rotatable bonds is 4. The van der Waals surface area contributed by atoms with Crippen molar-refractivity contribution in [2.24, 2.45) is 5.92 Å². The molecule has 1 fully saturated rings. The summed E-state index contributed by atoms with van der Waals surface area (Å²) in [4.78, 5) is 2.53. The summed E-state index contributed by atoms with van der Waals surface area (Å²) in [5.74, 6) is 0.931. The number of nitrogens with zero attached hydrogens (tertiary/aromatic N) is 1. The van der Waals surface area contributed by atoms with Gasteiger partial charge in [0.1, 0.15) is 0 Å². The van der Waals surface area contributed by atoms with E-state index in [0.29, 0.717) is 0 Å². The van der Waals surface area contributed by atoms with Gasteiger partial charge in [0.15, 0.2) is 0 Å². The van der Waals surface area contributed by atoms with Crippen LogP contribution in [0.15, 0.2) is 0 Å². The van der Waals surface area contributed by atoms with Crippen molar-refractivity contribution in [2.45, 2.75) is 52.0 Å². The third kappa shape index (κ3) is 2.78. The number of hydrogen-bond donors (Lipinski definition) is 0. The molecule has 0 bridgehead atoms. The van der Waals surface area contributed by atoms with E-state index in [1.807, 2.05) is 0 Å². The van der Waals surface area contributed by atoms with Crippen molar-refractivity contribution in [3.8, 4) is 0 Å². The molecule has 2 atom stereocenters. The summed E-state index contributed by atoms with van der Waals surface area (Å²) < 4.78 is 0. The summed E-state index contributed by atoms with van der Waals surface area (Å²) in [6.07, 6.45) is 7.02. The third-order valence-electron chi connectivity index (χ3n) is 3.13. The molecule has 12 heavy (non-hydrogen) atoms. The van der Waals surface area contributed by atoms with Gasteiger partial charge in [-0.1, -0.05) is 26.7 Å². The minimum absolute atomic E-state index is 0.895. The highest BCUT2D eigenvalue weighted by Crippen LogP contribution is 2.23. The molecule has 0 aromatic heterocycles. The summed E-state index contributed by atoms with van der Waals surface area (Å²) in [5, 5.41) is 0. The van der Waals surface area contributed by atoms with Gasteiger partial charge in [0.05, 0.1) is 0 Å². The first-order valence-electron chi connectivity index (χ1n) is 5.44. The van der Waals surface area contributed by atoms with E-state index in [4.69, 9.17) is 0 Å². The van der Waals surface area contributed by atoms with Gasteiger partial charge in [0.25, 0.3) is 0 Å². The first-order chi connectivity index (χ1) is 5.74. The summed E-state index contributed by atoms with van der Waals surface area (Å²) in [6, 6.07) is 0.895. The Morgan fingerprint density at radius 1 is 1.50 bits per heavy atom. The van der Waals surface area contributed by atoms with Crippen LogP contribution in [-0.2, 0) is 0 Å². The van der Waals surface area contributed by atoms with Crippen LogP contribution in [0.5, 0.6) is 0 Å². The fraction of sp³-hybridized carbons (Fsp3) is 1.00. The molecule has 0 aliphatic carbocycles. The van der Waals surface area contributed by atoms with Gasteiger partial charge in [-0.05, 0) is 38.8 Å². The molecule has 0 spiro atoms. The van der Waals surface area contributed by atoms with E-state index < -0.39 is 0 Å². The summed E-state index contributed by atoms with van der Waals surface area (Å²) >= 11 is 0. The van der Waals surface area contributed by atoms with Gasteiger partial charge in [0, 0.05) is 6.04 Å². The monoisotopic (exact) mass is 169 g/mol. The van der Waals surface area contributed by atoms with Crippen LogP contribution < -0.4 is 0 Å². The molecule has 2 unspecified atom stereocenters. The lowest BCUT2D eigenvalue weighted by Gasteiger charge is -2.22. The van der Waals surface area contributed by atoms with E-state index in [0.717, 1.165) is 12.0 Å². The highest BCUT2D eigenvalue weighted by atomic mass is 15.1. The Hall–Kier alpha value is -0.0400. The molecule has 0 saturated carbocycles. The topological polar surface area (TPSA) is 3.24 Å². The van der Waals surface area contributed by atoms with Gasteiger partial charge in [-0.3, -0.25) is 0 Å². The van der Waals surface area contributed by atoms with Gasteiger partial charge < -0.3 is 4.90 Å². The zero-order chi connectivity index (χ0) is 8.97. The minimum atomic E-state index is 0.895. The molecule has 0 amide bonds. The van der Waals surface area contributed by atoms with Gasteiger partial charge >= 0.3 is 0 Å². The summed E-state index contributed by atoms with van der Waals surface area (Å²) in [5.41, 5.74) is 0. The minimum Gasteiger partial charge on any atom is -0.303 e. The molecule has 1 aliphatic rings. The van der Waals surface area contributed by atoms with Crippen molar-refractivity contribution in [3.63, 3.8) is 0 Å². The molecule has 1 heteroatoms. The summed E-state index contributed by atoms with van der Waals surface area (Å²) in [6.45, 7) is 6.01. The zero-order valence-corrected chi connectivity index (χ0v) is 8.84. The van der Waals surface area contributed by atoms with Crippen LogP contribution in [0, 0.1) is 5.92 Å². The first kappa shape index (κ1) is 10.0. The van der Waals surface area contributed by atoms with Crippen LogP contribution in [0.3, 0.4) is 0 Å². The van der Waals surface area contributed by atoms with Gasteiger partial charge in [-0.15, -0.1) is 0 Å². The van der Waals surface area contributed by atoms with Crippen LogP contribution >= 0.6 is 0 Å². The largest absolute Gasteiger partial charge is 0.303 e. The highest BCUT2D eigenvalue weighted by molar-refractivity contribution is 4.77. The summed E-state index contributed by atoms with van der Waals surface area (Å²) in [7, 11) is 2.27. The van der Waals surface area contributed by atoms with Crippen molar-refractivity contribution in [3.05, 3.63) is 0 Å². The lowest BCUT2D eigenvalue weighted by Crippen LogP contribution is -2.26. The molecule has 1 nitrogen and oxygen atoms in total. The fourth-order valence-corrected chi connectivity index (χ4v) is 2.35. The molecule has 0 aromatic carbocycles. The van der Waals surface area contributed by atoms with Crippen LogP contribution in [0.25, 0.3) is 0 Å². The highest BCUT2D eigenvalue weighted by Gasteiger charge is 2.21. The molecule has 1 saturated heterocycles. The normalized spacial score (nSPS) is 27.8. The molecule has 1 rings (SSSR count). The second kappa shape index (κ2) is 4.86. The first-order valence-corrected chi connectivity index (χ1v) is 5.44. The zero-order valence-electron chi connectivity index (χ0n) is 8.84. The van der Waals surface area contributed by atoms with Crippen molar-refractivity contribution in [1.29, 1.82) is 0 Å². The predicted octanol–water partition coefficient (Wildman–Crippen LogP) is 2.91. The molecule has 0 N–H and O–H groups in total. The molecule has 72 valence electrons. The van der Waals surface area contributed by atoms with E-state index in [2.05, 4.69) is 25.8 Å². The molecule has 1 aliphatic heterocycles. The lowest BCUT2D eigenvalue weighted by molar-refractivity contribution is 0.261. The maximum atomic E-state index is 2.53. The average molecular weight is 169 g/mol. The van der Waals surface area contributed by atoms with Crippen LogP contribution in [-0.4, -0.2) is 24.5 Å². The number of hydrogen-bond acceptors (Lipinski definition) is 1. The second-order valence-corrected chi connectivity index (χ2v) is 4.41. The molecular formula is C11H23N. The maximum Gasteiger partial charge on any atom is 0.00952 e. The Morgan fingerprint density at radius 2 is 2.25 bits per heavy atom. The van der Waals surface area contributed by atoms with E-state index in [1.165, 1.54) is 38.6 Å². The van der Waals surface area contributed by atoms with Gasteiger partial charge in [-0.25, -0.2) is 0 Å². The van der Waals surface area contributed by atoms with Crippen molar-refractivity contribution >= 4 is 0 Å². The van der Waals surface area contributed by atoms with E-state index >= 15 is 0 Å². The average Bonchev–Trinajstić information content (AvgIpc) is 2.37. The Kier molecular flexibility index (Phi) is 4.07. The predicted molar refractivity (Wildman–Crippen MR) is 54.3 cm³/mol. The van der Waals surface area contributed by atoms with Crippen molar-refractivity contribution < 1.29 is 0 Å². The lowest BCUT2D eigenvalue weighted by atomic mass is 9.96. The molecular weight excluding hydrogens is 146 g/mol. The van der Waals surface area contributed by atoms with Crippen molar-refractivity contribution in [2.75, 3.05) is 13.6 Å². The van der Waals surface area contributed by atoms with E-state index in [1.54, 1.807) is 0 Å². The molecule has 0 aromatic rings. The smallest absolute Gasteiger partial charge is 0.00952 e.